The Bertz CT molecular complexity index is 1120. The lowest BCUT2D eigenvalue weighted by Gasteiger charge is -2.21. The number of rotatable bonds is 6. The number of methoxy groups -OCH3 is 1. The third kappa shape index (κ3) is 5.49. The van der Waals surface area contributed by atoms with E-state index in [2.05, 4.69) is 40.8 Å². The van der Waals surface area contributed by atoms with Gasteiger partial charge in [-0.3, -0.25) is 4.79 Å². The van der Waals surface area contributed by atoms with Crippen molar-refractivity contribution >= 4 is 35.8 Å². The van der Waals surface area contributed by atoms with Crippen molar-refractivity contribution in [2.24, 2.45) is 0 Å². The lowest BCUT2D eigenvalue weighted by molar-refractivity contribution is 0.0963. The van der Waals surface area contributed by atoms with Crippen LogP contribution in [0, 0.1) is 5.82 Å². The lowest BCUT2D eigenvalue weighted by Crippen LogP contribution is -2.30. The van der Waals surface area contributed by atoms with Crippen molar-refractivity contribution < 1.29 is 13.9 Å². The van der Waals surface area contributed by atoms with Crippen LogP contribution in [0.2, 0.25) is 0 Å². The fourth-order valence-electron chi connectivity index (χ4n) is 3.58. The van der Waals surface area contributed by atoms with E-state index >= 15 is 0 Å². The summed E-state index contributed by atoms with van der Waals surface area (Å²) in [7, 11) is 3.07. The van der Waals surface area contributed by atoms with Crippen LogP contribution in [-0.2, 0) is 0 Å². The highest BCUT2D eigenvalue weighted by atomic mass is 35.5. The first-order valence-electron chi connectivity index (χ1n) is 10.6. The van der Waals surface area contributed by atoms with E-state index in [1.54, 1.807) is 25.2 Å². The van der Waals surface area contributed by atoms with Gasteiger partial charge in [0.1, 0.15) is 11.4 Å². The molecule has 1 aromatic carbocycles. The number of anilines is 3. The second kappa shape index (κ2) is 11.5. The van der Waals surface area contributed by atoms with Gasteiger partial charge in [0.2, 0.25) is 5.95 Å². The number of benzene rings is 1. The standard InChI is InChI=1S/C22H25FN8O2.ClH/c1-24-21(32)16-13-28-22(31-9-4-7-25-8-10-31)30-20(16)29-17-6-3-5-15(18(17)33-2)19-26-11-14(23)12-27-19;/h3,5-6,11-13,25H,4,7-10H2,1-2H3,(H,24,32)(H,28,29,30);1H. The van der Waals surface area contributed by atoms with Crippen LogP contribution in [0.1, 0.15) is 16.8 Å². The van der Waals surface area contributed by atoms with E-state index in [0.717, 1.165) is 45.0 Å². The predicted octanol–water partition coefficient (Wildman–Crippen LogP) is 2.41. The van der Waals surface area contributed by atoms with Crippen molar-refractivity contribution in [3.8, 4) is 17.1 Å². The van der Waals surface area contributed by atoms with E-state index in [1.807, 2.05) is 0 Å². The quantitative estimate of drug-likeness (QED) is 0.480. The molecule has 0 unspecified atom stereocenters. The molecular formula is C22H26ClFN8O2. The zero-order valence-electron chi connectivity index (χ0n) is 18.8. The van der Waals surface area contributed by atoms with Gasteiger partial charge in [0.05, 0.1) is 30.8 Å². The van der Waals surface area contributed by atoms with Gasteiger partial charge >= 0.3 is 0 Å². The fraction of sp³-hybridized carbons (Fsp3) is 0.318. The Balaban J connectivity index is 0.00000324. The maximum absolute atomic E-state index is 13.3. The van der Waals surface area contributed by atoms with Crippen LogP contribution in [0.25, 0.3) is 11.4 Å². The maximum Gasteiger partial charge on any atom is 0.256 e. The maximum atomic E-state index is 13.3. The normalized spacial score (nSPS) is 13.4. The molecular weight excluding hydrogens is 463 g/mol. The van der Waals surface area contributed by atoms with Gasteiger partial charge in [-0.1, -0.05) is 6.07 Å². The number of hydrogen-bond acceptors (Lipinski definition) is 9. The first-order valence-corrected chi connectivity index (χ1v) is 10.6. The highest BCUT2D eigenvalue weighted by Crippen LogP contribution is 2.36. The number of carbonyl (C=O) groups is 1. The van der Waals surface area contributed by atoms with Crippen molar-refractivity contribution in [2.45, 2.75) is 6.42 Å². The largest absolute Gasteiger partial charge is 0.494 e. The molecule has 1 aliphatic heterocycles. The van der Waals surface area contributed by atoms with Gasteiger partial charge in [-0.15, -0.1) is 12.4 Å². The van der Waals surface area contributed by atoms with Crippen molar-refractivity contribution in [3.05, 3.63) is 48.2 Å². The molecule has 3 N–H and O–H groups in total. The van der Waals surface area contributed by atoms with Crippen LogP contribution < -0.4 is 25.6 Å². The van der Waals surface area contributed by atoms with E-state index in [-0.39, 0.29) is 18.3 Å². The predicted molar refractivity (Wildman–Crippen MR) is 130 cm³/mol. The zero-order chi connectivity index (χ0) is 23.2. The van der Waals surface area contributed by atoms with Crippen LogP contribution in [0.5, 0.6) is 5.75 Å². The third-order valence-electron chi connectivity index (χ3n) is 5.20. The highest BCUT2D eigenvalue weighted by Gasteiger charge is 2.20. The summed E-state index contributed by atoms with van der Waals surface area (Å²) in [6, 6.07) is 5.35. The number of hydrogen-bond donors (Lipinski definition) is 3. The van der Waals surface area contributed by atoms with E-state index in [1.165, 1.54) is 13.3 Å². The van der Waals surface area contributed by atoms with Crippen molar-refractivity contribution in [2.75, 3.05) is 50.6 Å². The number of aromatic nitrogens is 4. The Kier molecular flexibility index (Phi) is 8.50. The van der Waals surface area contributed by atoms with Crippen molar-refractivity contribution in [1.29, 1.82) is 0 Å². The Morgan fingerprint density at radius 1 is 1.15 bits per heavy atom. The van der Waals surface area contributed by atoms with Gasteiger partial charge in [-0.2, -0.15) is 4.98 Å². The molecule has 3 aromatic rings. The number of nitrogens with zero attached hydrogens (tertiary/aromatic N) is 5. The molecule has 1 saturated heterocycles. The molecule has 12 heteroatoms. The molecule has 1 fully saturated rings. The Morgan fingerprint density at radius 3 is 2.68 bits per heavy atom. The molecule has 1 amide bonds. The molecule has 34 heavy (non-hydrogen) atoms. The number of amides is 1. The summed E-state index contributed by atoms with van der Waals surface area (Å²) in [5.41, 5.74) is 1.41. The molecule has 0 bridgehead atoms. The smallest absolute Gasteiger partial charge is 0.256 e. The van der Waals surface area contributed by atoms with Gasteiger partial charge in [0, 0.05) is 32.9 Å². The number of nitrogens with one attached hydrogen (secondary N) is 3. The topological polar surface area (TPSA) is 117 Å². The van der Waals surface area contributed by atoms with E-state index in [4.69, 9.17) is 4.74 Å². The number of carbonyl (C=O) groups excluding carboxylic acids is 1. The Morgan fingerprint density at radius 2 is 1.94 bits per heavy atom. The number of ether oxygens (including phenoxy) is 1. The van der Waals surface area contributed by atoms with Crippen LogP contribution in [0.15, 0.2) is 36.8 Å². The first-order chi connectivity index (χ1) is 16.1. The van der Waals surface area contributed by atoms with Crippen molar-refractivity contribution in [3.63, 3.8) is 0 Å². The van der Waals surface area contributed by atoms with Gasteiger partial charge in [0.15, 0.2) is 17.4 Å². The molecule has 2 aromatic heterocycles. The van der Waals surface area contributed by atoms with E-state index in [0.29, 0.717) is 40.2 Å². The van der Waals surface area contributed by atoms with Crippen LogP contribution >= 0.6 is 12.4 Å². The average molecular weight is 489 g/mol. The second-order valence-corrected chi connectivity index (χ2v) is 7.34. The van der Waals surface area contributed by atoms with Crippen LogP contribution in [0.3, 0.4) is 0 Å². The molecule has 1 aliphatic rings. The van der Waals surface area contributed by atoms with Gasteiger partial charge in [-0.05, 0) is 25.1 Å². The zero-order valence-corrected chi connectivity index (χ0v) is 19.7. The molecule has 10 nitrogen and oxygen atoms in total. The highest BCUT2D eigenvalue weighted by molar-refractivity contribution is 5.99. The summed E-state index contributed by atoms with van der Waals surface area (Å²) >= 11 is 0. The monoisotopic (exact) mass is 488 g/mol. The SMILES string of the molecule is CNC(=O)c1cnc(N2CCCNCC2)nc1Nc1cccc(-c2ncc(F)cn2)c1OC.Cl. The summed E-state index contributed by atoms with van der Waals surface area (Å²) in [6.07, 6.45) is 4.68. The van der Waals surface area contributed by atoms with Gasteiger partial charge in [0.25, 0.3) is 5.91 Å². The fourth-order valence-corrected chi connectivity index (χ4v) is 3.58. The summed E-state index contributed by atoms with van der Waals surface area (Å²) < 4.78 is 18.9. The number of para-hydroxylation sites is 1. The summed E-state index contributed by atoms with van der Waals surface area (Å²) in [5, 5.41) is 9.19. The molecule has 0 spiro atoms. The van der Waals surface area contributed by atoms with E-state index < -0.39 is 5.82 Å². The Labute approximate surface area is 202 Å². The molecule has 0 aliphatic carbocycles. The third-order valence-corrected chi connectivity index (χ3v) is 5.20. The second-order valence-electron chi connectivity index (χ2n) is 7.34. The summed E-state index contributed by atoms with van der Waals surface area (Å²) in [4.78, 5) is 31.8. The molecule has 180 valence electrons. The Hall–Kier alpha value is -3.57. The molecule has 0 atom stereocenters. The molecule has 3 heterocycles. The summed E-state index contributed by atoms with van der Waals surface area (Å²) in [6.45, 7) is 3.34. The first kappa shape index (κ1) is 25.1. The minimum Gasteiger partial charge on any atom is -0.494 e. The van der Waals surface area contributed by atoms with Gasteiger partial charge in [-0.25, -0.2) is 19.3 Å². The minimum atomic E-state index is -0.528. The van der Waals surface area contributed by atoms with Crippen molar-refractivity contribution in [1.82, 2.24) is 30.6 Å². The lowest BCUT2D eigenvalue weighted by atomic mass is 10.1. The molecule has 0 saturated carbocycles. The number of halogens is 2. The van der Waals surface area contributed by atoms with Gasteiger partial charge < -0.3 is 25.6 Å². The minimum absolute atomic E-state index is 0. The molecule has 0 radical (unpaired) electrons. The summed E-state index contributed by atoms with van der Waals surface area (Å²) in [5.74, 6) is 0.769. The van der Waals surface area contributed by atoms with Crippen LogP contribution in [0.4, 0.5) is 21.8 Å². The average Bonchev–Trinajstić information content (AvgIpc) is 3.13. The van der Waals surface area contributed by atoms with Crippen LogP contribution in [-0.4, -0.2) is 66.2 Å². The molecule has 4 rings (SSSR count). The van der Waals surface area contributed by atoms with E-state index in [9.17, 15) is 9.18 Å².